The van der Waals surface area contributed by atoms with Gasteiger partial charge in [-0.2, -0.15) is 0 Å². The number of para-hydroxylation sites is 1. The van der Waals surface area contributed by atoms with Crippen molar-refractivity contribution >= 4 is 29.8 Å². The summed E-state index contributed by atoms with van der Waals surface area (Å²) in [5.74, 6) is -5.73. The number of fused-ring (bicyclic) bond motifs is 3. The molecule has 0 aliphatic carbocycles. The highest BCUT2D eigenvalue weighted by Crippen LogP contribution is 2.46. The molecule has 2 aliphatic rings. The van der Waals surface area contributed by atoms with E-state index in [2.05, 4.69) is 6.92 Å². The summed E-state index contributed by atoms with van der Waals surface area (Å²) in [5.41, 5.74) is -1.24. The molecule has 1 aromatic carbocycles. The van der Waals surface area contributed by atoms with Gasteiger partial charge in [0.25, 0.3) is 0 Å². The van der Waals surface area contributed by atoms with Crippen molar-refractivity contribution in [2.45, 2.75) is 109 Å². The van der Waals surface area contributed by atoms with Gasteiger partial charge >= 0.3 is 29.8 Å². The molecule has 48 heavy (non-hydrogen) atoms. The normalized spacial score (nSPS) is 25.5. The first-order chi connectivity index (χ1) is 22.8. The molecule has 1 N–H and O–H groups in total. The van der Waals surface area contributed by atoms with E-state index in [4.69, 9.17) is 33.2 Å². The van der Waals surface area contributed by atoms with Crippen LogP contribution < -0.4 is 4.74 Å². The van der Waals surface area contributed by atoms with Crippen LogP contribution in [0.2, 0.25) is 0 Å². The van der Waals surface area contributed by atoms with E-state index >= 15 is 0 Å². The van der Waals surface area contributed by atoms with Crippen LogP contribution in [0.25, 0.3) is 0 Å². The molecule has 13 heteroatoms. The molecule has 3 rings (SSSR count). The van der Waals surface area contributed by atoms with E-state index in [1.807, 2.05) is 0 Å². The number of esters is 5. The van der Waals surface area contributed by atoms with Crippen LogP contribution in [-0.4, -0.2) is 86.5 Å². The lowest BCUT2D eigenvalue weighted by atomic mass is 9.75. The molecule has 1 aromatic rings. The number of benzene rings is 1. The van der Waals surface area contributed by atoms with Gasteiger partial charge in [-0.3, -0.25) is 14.4 Å². The molecular weight excluding hydrogens is 628 g/mol. The summed E-state index contributed by atoms with van der Waals surface area (Å²) in [4.78, 5) is 64.2. The molecule has 4 atom stereocenters. The standard InChI is InChI=1S/C35H48O13/c1-6-7-8-9-10-15-28(36)47-32-23(19-30(38)42-4)18-25-20-24(21-31(39)43-5)46-29(37)16-17-44-27-14-12-11-13-26(27)33(40)45-22-34(2,3)35(32,41)48-25/h11-14,19,24-25,32,41H,6-10,15-18,20-22H2,1-5H3/b23-19+/t24-,25+,32+,35-/m1/s1. The molecule has 0 amide bonds. The lowest BCUT2D eigenvalue weighted by molar-refractivity contribution is -0.340. The number of ether oxygens (including phenoxy) is 7. The maximum Gasteiger partial charge on any atom is 0.341 e. The second kappa shape index (κ2) is 18.0. The number of hydrogen-bond acceptors (Lipinski definition) is 13. The molecule has 266 valence electrons. The van der Waals surface area contributed by atoms with Crippen molar-refractivity contribution < 1.29 is 62.2 Å². The Morgan fingerprint density at radius 3 is 2.44 bits per heavy atom. The summed E-state index contributed by atoms with van der Waals surface area (Å²) >= 11 is 0. The molecule has 1 saturated heterocycles. The van der Waals surface area contributed by atoms with Crippen LogP contribution in [0.1, 0.15) is 95.3 Å². The van der Waals surface area contributed by atoms with Crippen LogP contribution >= 0.6 is 0 Å². The average molecular weight is 677 g/mol. The summed E-state index contributed by atoms with van der Waals surface area (Å²) in [6.45, 7) is 4.66. The van der Waals surface area contributed by atoms with Gasteiger partial charge in [0.1, 0.15) is 24.0 Å². The molecule has 2 aliphatic heterocycles. The van der Waals surface area contributed by atoms with Gasteiger partial charge in [0.15, 0.2) is 6.10 Å². The fraction of sp³-hybridized carbons (Fsp3) is 0.629. The number of carbonyl (C=O) groups is 5. The fourth-order valence-electron chi connectivity index (χ4n) is 5.60. The number of hydrogen-bond donors (Lipinski definition) is 1. The molecule has 0 radical (unpaired) electrons. The lowest BCUT2D eigenvalue weighted by Crippen LogP contribution is -2.63. The van der Waals surface area contributed by atoms with Crippen molar-refractivity contribution in [3.05, 3.63) is 41.5 Å². The average Bonchev–Trinajstić information content (AvgIpc) is 3.04. The highest BCUT2D eigenvalue weighted by atomic mass is 16.7. The van der Waals surface area contributed by atoms with E-state index in [0.717, 1.165) is 31.8 Å². The summed E-state index contributed by atoms with van der Waals surface area (Å²) in [6.07, 6.45) is 1.34. The third kappa shape index (κ3) is 10.5. The van der Waals surface area contributed by atoms with Gasteiger partial charge in [0.05, 0.1) is 45.2 Å². The predicted octanol–water partition coefficient (Wildman–Crippen LogP) is 4.37. The number of cyclic esters (lactones) is 2. The Kier molecular flexibility index (Phi) is 14.4. The van der Waals surface area contributed by atoms with Gasteiger partial charge in [-0.25, -0.2) is 9.59 Å². The number of methoxy groups -OCH3 is 2. The van der Waals surface area contributed by atoms with Crippen LogP contribution in [0, 0.1) is 5.41 Å². The van der Waals surface area contributed by atoms with Crippen molar-refractivity contribution in [1.82, 2.24) is 0 Å². The van der Waals surface area contributed by atoms with Crippen molar-refractivity contribution in [1.29, 1.82) is 0 Å². The lowest BCUT2D eigenvalue weighted by Gasteiger charge is -2.51. The molecule has 0 saturated carbocycles. The van der Waals surface area contributed by atoms with E-state index in [1.54, 1.807) is 32.0 Å². The minimum atomic E-state index is -2.39. The van der Waals surface area contributed by atoms with E-state index in [9.17, 15) is 29.1 Å². The van der Waals surface area contributed by atoms with Crippen LogP contribution in [0.3, 0.4) is 0 Å². The predicted molar refractivity (Wildman–Crippen MR) is 170 cm³/mol. The third-order valence-electron chi connectivity index (χ3n) is 8.39. The fourth-order valence-corrected chi connectivity index (χ4v) is 5.60. The summed E-state index contributed by atoms with van der Waals surface area (Å²) in [7, 11) is 2.38. The van der Waals surface area contributed by atoms with Gasteiger partial charge < -0.3 is 38.3 Å². The second-order valence-corrected chi connectivity index (χ2v) is 12.6. The first-order valence-electron chi connectivity index (χ1n) is 16.4. The molecule has 1 fully saturated rings. The third-order valence-corrected chi connectivity index (χ3v) is 8.39. The first kappa shape index (κ1) is 38.5. The largest absolute Gasteiger partial charge is 0.492 e. The van der Waals surface area contributed by atoms with E-state index < -0.39 is 66.0 Å². The maximum absolute atomic E-state index is 13.3. The molecule has 13 nitrogen and oxygen atoms in total. The quantitative estimate of drug-likeness (QED) is 0.161. The molecule has 2 heterocycles. The summed E-state index contributed by atoms with van der Waals surface area (Å²) < 4.78 is 38.9. The monoisotopic (exact) mass is 676 g/mol. The Labute approximate surface area is 281 Å². The van der Waals surface area contributed by atoms with Gasteiger partial charge in [-0.1, -0.05) is 58.6 Å². The summed E-state index contributed by atoms with van der Waals surface area (Å²) in [6, 6.07) is 6.29. The smallest absolute Gasteiger partial charge is 0.341 e. The Balaban J connectivity index is 2.07. The van der Waals surface area contributed by atoms with Gasteiger partial charge in [0.2, 0.25) is 5.79 Å². The number of rotatable bonds is 10. The minimum Gasteiger partial charge on any atom is -0.492 e. The Hall–Kier alpha value is -3.97. The number of aliphatic hydroxyl groups is 1. The van der Waals surface area contributed by atoms with Crippen LogP contribution in [0.5, 0.6) is 5.75 Å². The Morgan fingerprint density at radius 1 is 1.00 bits per heavy atom. The molecule has 0 unspecified atom stereocenters. The number of carbonyl (C=O) groups excluding carboxylic acids is 5. The van der Waals surface area contributed by atoms with Gasteiger partial charge in [-0.15, -0.1) is 0 Å². The van der Waals surface area contributed by atoms with Gasteiger partial charge in [-0.05, 0) is 30.5 Å². The molecule has 2 bridgehead atoms. The first-order valence-corrected chi connectivity index (χ1v) is 16.4. The zero-order valence-corrected chi connectivity index (χ0v) is 28.5. The minimum absolute atomic E-state index is 0.0621. The molecule has 0 spiro atoms. The van der Waals surface area contributed by atoms with Crippen molar-refractivity contribution in [3.8, 4) is 5.75 Å². The zero-order chi connectivity index (χ0) is 35.3. The SMILES string of the molecule is CCCCCCCC(=O)O[C@H]1/C(=C/C(=O)OC)C[C@H]2C[C@H](CC(=O)OC)OC(=O)CCOc3ccccc3C(=O)OCC(C)(C)[C@]1(O)O2. The Morgan fingerprint density at radius 2 is 1.73 bits per heavy atom. The van der Waals surface area contributed by atoms with Crippen LogP contribution in [-0.2, 0) is 47.6 Å². The topological polar surface area (TPSA) is 170 Å². The van der Waals surface area contributed by atoms with Crippen molar-refractivity contribution in [2.24, 2.45) is 5.41 Å². The molecule has 0 aromatic heterocycles. The van der Waals surface area contributed by atoms with E-state index in [-0.39, 0.29) is 55.6 Å². The van der Waals surface area contributed by atoms with Crippen LogP contribution in [0.4, 0.5) is 0 Å². The summed E-state index contributed by atoms with van der Waals surface area (Å²) in [5, 5.41) is 12.5. The Bertz CT molecular complexity index is 1320. The van der Waals surface area contributed by atoms with E-state index in [0.29, 0.717) is 6.42 Å². The second-order valence-electron chi connectivity index (χ2n) is 12.6. The van der Waals surface area contributed by atoms with Crippen molar-refractivity contribution in [2.75, 3.05) is 27.4 Å². The zero-order valence-electron chi connectivity index (χ0n) is 28.5. The number of unbranched alkanes of at least 4 members (excludes halogenated alkanes) is 4. The highest BCUT2D eigenvalue weighted by Gasteiger charge is 2.59. The van der Waals surface area contributed by atoms with Crippen molar-refractivity contribution in [3.63, 3.8) is 0 Å². The van der Waals surface area contributed by atoms with Gasteiger partial charge in [0, 0.05) is 18.9 Å². The van der Waals surface area contributed by atoms with Crippen LogP contribution in [0.15, 0.2) is 35.9 Å². The highest BCUT2D eigenvalue weighted by molar-refractivity contribution is 5.92. The molecular formula is C35H48O13. The van der Waals surface area contributed by atoms with E-state index in [1.165, 1.54) is 20.3 Å². The maximum atomic E-state index is 13.3.